The summed E-state index contributed by atoms with van der Waals surface area (Å²) in [5.74, 6) is 0.191. The molecule has 0 radical (unpaired) electrons. The molecule has 1 saturated carbocycles. The average Bonchev–Trinajstić information content (AvgIpc) is 2.53. The molecule has 2 unspecified atom stereocenters. The van der Waals surface area contributed by atoms with Crippen molar-refractivity contribution >= 4 is 11.8 Å². The molecule has 3 nitrogen and oxygen atoms in total. The summed E-state index contributed by atoms with van der Waals surface area (Å²) in [6.45, 7) is 3.43. The maximum atomic E-state index is 11.6. The van der Waals surface area contributed by atoms with E-state index in [0.717, 1.165) is 19.3 Å². The first-order valence-corrected chi connectivity index (χ1v) is 5.22. The van der Waals surface area contributed by atoms with Gasteiger partial charge in [0.05, 0.1) is 0 Å². The topological polar surface area (TPSA) is 37.4 Å². The Kier molecular flexibility index (Phi) is 2.40. The SMILES string of the molecule is C=CC(=O)N1C(=O)CC2CCCCC21. The maximum absolute atomic E-state index is 11.6. The molecule has 1 aliphatic carbocycles. The van der Waals surface area contributed by atoms with Gasteiger partial charge in [-0.1, -0.05) is 19.4 Å². The second-order valence-electron chi connectivity index (χ2n) is 4.12. The van der Waals surface area contributed by atoms with E-state index in [0.29, 0.717) is 12.3 Å². The fraction of sp³-hybridized carbons (Fsp3) is 0.636. The van der Waals surface area contributed by atoms with Gasteiger partial charge in [-0.3, -0.25) is 14.5 Å². The lowest BCUT2D eigenvalue weighted by Crippen LogP contribution is -2.40. The van der Waals surface area contributed by atoms with Crippen LogP contribution < -0.4 is 0 Å². The number of amides is 2. The highest BCUT2D eigenvalue weighted by Gasteiger charge is 2.42. The molecule has 76 valence electrons. The first kappa shape index (κ1) is 9.44. The molecular formula is C11H15NO2. The summed E-state index contributed by atoms with van der Waals surface area (Å²) in [7, 11) is 0. The minimum atomic E-state index is -0.218. The molecule has 2 amide bonds. The summed E-state index contributed by atoms with van der Waals surface area (Å²) in [5, 5.41) is 0. The zero-order valence-electron chi connectivity index (χ0n) is 8.24. The second-order valence-corrected chi connectivity index (χ2v) is 4.12. The minimum absolute atomic E-state index is 0.00759. The van der Waals surface area contributed by atoms with Gasteiger partial charge in [0.2, 0.25) is 5.91 Å². The molecule has 2 fully saturated rings. The Bertz CT molecular complexity index is 285. The molecule has 0 aromatic carbocycles. The van der Waals surface area contributed by atoms with Crippen LogP contribution in [0, 0.1) is 5.92 Å². The number of imide groups is 1. The Morgan fingerprint density at radius 2 is 2.14 bits per heavy atom. The highest BCUT2D eigenvalue weighted by molar-refractivity contribution is 6.02. The fourth-order valence-corrected chi connectivity index (χ4v) is 2.66. The number of hydrogen-bond donors (Lipinski definition) is 0. The van der Waals surface area contributed by atoms with Crippen molar-refractivity contribution in [1.29, 1.82) is 0 Å². The number of rotatable bonds is 1. The molecule has 1 heterocycles. The van der Waals surface area contributed by atoms with Crippen LogP contribution in [0.2, 0.25) is 0 Å². The molecular weight excluding hydrogens is 178 g/mol. The summed E-state index contributed by atoms with van der Waals surface area (Å²) < 4.78 is 0. The van der Waals surface area contributed by atoms with Gasteiger partial charge >= 0.3 is 0 Å². The third-order valence-corrected chi connectivity index (χ3v) is 3.32. The molecule has 1 saturated heterocycles. The monoisotopic (exact) mass is 193 g/mol. The zero-order chi connectivity index (χ0) is 10.1. The maximum Gasteiger partial charge on any atom is 0.252 e. The molecule has 0 spiro atoms. The lowest BCUT2D eigenvalue weighted by molar-refractivity contribution is -0.140. The van der Waals surface area contributed by atoms with Gasteiger partial charge in [-0.2, -0.15) is 0 Å². The van der Waals surface area contributed by atoms with Crippen molar-refractivity contribution in [2.75, 3.05) is 0 Å². The molecule has 2 rings (SSSR count). The Morgan fingerprint density at radius 1 is 1.43 bits per heavy atom. The van der Waals surface area contributed by atoms with E-state index in [9.17, 15) is 9.59 Å². The Balaban J connectivity index is 2.19. The molecule has 0 aromatic heterocycles. The fourth-order valence-electron chi connectivity index (χ4n) is 2.66. The molecule has 1 aliphatic heterocycles. The van der Waals surface area contributed by atoms with E-state index in [-0.39, 0.29) is 17.9 Å². The summed E-state index contributed by atoms with van der Waals surface area (Å²) in [6, 6.07) is 0.168. The smallest absolute Gasteiger partial charge is 0.252 e. The lowest BCUT2D eigenvalue weighted by Gasteiger charge is -2.29. The van der Waals surface area contributed by atoms with Crippen molar-refractivity contribution in [3.05, 3.63) is 12.7 Å². The molecule has 0 bridgehead atoms. The van der Waals surface area contributed by atoms with Gasteiger partial charge in [-0.05, 0) is 24.8 Å². The van der Waals surface area contributed by atoms with E-state index in [4.69, 9.17) is 0 Å². The normalized spacial score (nSPS) is 31.4. The molecule has 2 aliphatic rings. The molecule has 0 N–H and O–H groups in total. The molecule has 3 heteroatoms. The van der Waals surface area contributed by atoms with Gasteiger partial charge in [0.1, 0.15) is 0 Å². The molecule has 0 aromatic rings. The first-order chi connectivity index (χ1) is 6.74. The molecule has 14 heavy (non-hydrogen) atoms. The number of likely N-dealkylation sites (tertiary alicyclic amines) is 1. The lowest BCUT2D eigenvalue weighted by atomic mass is 9.85. The Morgan fingerprint density at radius 3 is 2.86 bits per heavy atom. The van der Waals surface area contributed by atoms with Crippen molar-refractivity contribution in [1.82, 2.24) is 4.90 Å². The summed E-state index contributed by atoms with van der Waals surface area (Å²) in [4.78, 5) is 24.5. The predicted octanol–water partition coefficient (Wildman–Crippen LogP) is 1.49. The van der Waals surface area contributed by atoms with Gasteiger partial charge in [0.25, 0.3) is 5.91 Å². The number of carbonyl (C=O) groups excluding carboxylic acids is 2. The van der Waals surface area contributed by atoms with Crippen molar-refractivity contribution in [2.45, 2.75) is 38.1 Å². The summed E-state index contributed by atoms with van der Waals surface area (Å²) in [5.41, 5.74) is 0. The van der Waals surface area contributed by atoms with E-state index in [1.165, 1.54) is 17.4 Å². The average molecular weight is 193 g/mol. The standard InChI is InChI=1S/C11H15NO2/c1-2-10(13)12-9-6-4-3-5-8(9)7-11(12)14/h2,8-9H,1,3-7H2. The minimum Gasteiger partial charge on any atom is -0.276 e. The van der Waals surface area contributed by atoms with Crippen LogP contribution in [0.25, 0.3) is 0 Å². The Labute approximate surface area is 83.8 Å². The van der Waals surface area contributed by atoms with Crippen LogP contribution in [0.1, 0.15) is 32.1 Å². The summed E-state index contributed by atoms with van der Waals surface area (Å²) in [6.07, 6.45) is 6.21. The second kappa shape index (κ2) is 3.56. The third kappa shape index (κ3) is 1.37. The van der Waals surface area contributed by atoms with Crippen molar-refractivity contribution < 1.29 is 9.59 Å². The number of carbonyl (C=O) groups is 2. The highest BCUT2D eigenvalue weighted by atomic mass is 16.2. The van der Waals surface area contributed by atoms with Crippen molar-refractivity contribution in [3.63, 3.8) is 0 Å². The van der Waals surface area contributed by atoms with Gasteiger partial charge in [-0.15, -0.1) is 0 Å². The van der Waals surface area contributed by atoms with Gasteiger partial charge in [0, 0.05) is 12.5 Å². The first-order valence-electron chi connectivity index (χ1n) is 5.22. The van der Waals surface area contributed by atoms with Crippen LogP contribution in [0.5, 0.6) is 0 Å². The largest absolute Gasteiger partial charge is 0.276 e. The van der Waals surface area contributed by atoms with E-state index >= 15 is 0 Å². The van der Waals surface area contributed by atoms with E-state index in [2.05, 4.69) is 6.58 Å². The third-order valence-electron chi connectivity index (χ3n) is 3.32. The van der Waals surface area contributed by atoms with Crippen LogP contribution in [0.4, 0.5) is 0 Å². The van der Waals surface area contributed by atoms with E-state index < -0.39 is 0 Å². The predicted molar refractivity (Wildman–Crippen MR) is 52.4 cm³/mol. The number of nitrogens with zero attached hydrogens (tertiary/aromatic N) is 1. The van der Waals surface area contributed by atoms with Crippen LogP contribution in [-0.2, 0) is 9.59 Å². The number of fused-ring (bicyclic) bond motifs is 1. The van der Waals surface area contributed by atoms with Crippen LogP contribution >= 0.6 is 0 Å². The van der Waals surface area contributed by atoms with Gasteiger partial charge in [-0.25, -0.2) is 0 Å². The summed E-state index contributed by atoms with van der Waals surface area (Å²) >= 11 is 0. The highest BCUT2D eigenvalue weighted by Crippen LogP contribution is 2.36. The van der Waals surface area contributed by atoms with Crippen molar-refractivity contribution in [3.8, 4) is 0 Å². The van der Waals surface area contributed by atoms with Gasteiger partial charge < -0.3 is 0 Å². The van der Waals surface area contributed by atoms with Gasteiger partial charge in [0.15, 0.2) is 0 Å². The quantitative estimate of drug-likeness (QED) is 0.592. The zero-order valence-corrected chi connectivity index (χ0v) is 8.24. The van der Waals surface area contributed by atoms with Crippen LogP contribution in [0.15, 0.2) is 12.7 Å². The molecule has 2 atom stereocenters. The van der Waals surface area contributed by atoms with Crippen LogP contribution in [-0.4, -0.2) is 22.8 Å². The van der Waals surface area contributed by atoms with E-state index in [1.807, 2.05) is 0 Å². The van der Waals surface area contributed by atoms with E-state index in [1.54, 1.807) is 0 Å². The Hall–Kier alpha value is -1.12. The number of hydrogen-bond acceptors (Lipinski definition) is 2. The van der Waals surface area contributed by atoms with Crippen molar-refractivity contribution in [2.24, 2.45) is 5.92 Å². The van der Waals surface area contributed by atoms with Crippen LogP contribution in [0.3, 0.4) is 0 Å².